The number of rotatable bonds is 4. The van der Waals surface area contributed by atoms with Crippen molar-refractivity contribution >= 4 is 5.97 Å². The topological polar surface area (TPSA) is 66.2 Å². The number of hydrogen-bond donors (Lipinski definition) is 0. The van der Waals surface area contributed by atoms with Crippen LogP contribution in [0, 0.1) is 19.8 Å². The summed E-state index contributed by atoms with van der Waals surface area (Å²) < 4.78 is 12.8. The molecule has 0 saturated carbocycles. The predicted octanol–water partition coefficient (Wildman–Crippen LogP) is 2.60. The lowest BCUT2D eigenvalue weighted by atomic mass is 10.0. The molecule has 0 saturated heterocycles. The minimum absolute atomic E-state index is 0.0646. The van der Waals surface area contributed by atoms with Crippen LogP contribution in [-0.4, -0.2) is 27.8 Å². The average molecular weight is 329 g/mol. The summed E-state index contributed by atoms with van der Waals surface area (Å²) in [5.41, 5.74) is 2.45. The molecule has 0 N–H and O–H groups in total. The molecular weight excluding hydrogens is 306 g/mol. The van der Waals surface area contributed by atoms with Crippen molar-refractivity contribution in [2.24, 2.45) is 5.92 Å². The third-order valence-electron chi connectivity index (χ3n) is 4.70. The van der Waals surface area contributed by atoms with Crippen LogP contribution in [0.5, 0.6) is 5.75 Å². The van der Waals surface area contributed by atoms with Gasteiger partial charge in [0.25, 0.3) is 0 Å². The van der Waals surface area contributed by atoms with Gasteiger partial charge in [-0.15, -0.1) is 10.2 Å². The normalized spacial score (nSPS) is 17.0. The highest BCUT2D eigenvalue weighted by molar-refractivity contribution is 5.72. The highest BCUT2D eigenvalue weighted by Crippen LogP contribution is 2.22. The second-order valence-corrected chi connectivity index (χ2v) is 6.27. The van der Waals surface area contributed by atoms with Crippen LogP contribution in [0.25, 0.3) is 0 Å². The maximum absolute atomic E-state index is 11.8. The van der Waals surface area contributed by atoms with Crippen molar-refractivity contribution in [3.63, 3.8) is 0 Å². The minimum atomic E-state index is -0.137. The number of hydrogen-bond acceptors (Lipinski definition) is 5. The van der Waals surface area contributed by atoms with Crippen molar-refractivity contribution in [3.8, 4) is 5.75 Å². The molecule has 128 valence electrons. The number of nitrogens with zero attached hydrogens (tertiary/aromatic N) is 3. The van der Waals surface area contributed by atoms with Gasteiger partial charge >= 0.3 is 5.97 Å². The Morgan fingerprint density at radius 1 is 1.25 bits per heavy atom. The van der Waals surface area contributed by atoms with E-state index >= 15 is 0 Å². The molecule has 0 bridgehead atoms. The molecule has 0 aliphatic carbocycles. The highest BCUT2D eigenvalue weighted by atomic mass is 16.5. The second-order valence-electron chi connectivity index (χ2n) is 6.27. The Bertz CT molecular complexity index is 739. The molecule has 2 aromatic rings. The van der Waals surface area contributed by atoms with E-state index in [1.54, 1.807) is 0 Å². The monoisotopic (exact) mass is 329 g/mol. The van der Waals surface area contributed by atoms with Gasteiger partial charge in [0.05, 0.1) is 13.0 Å². The van der Waals surface area contributed by atoms with Crippen molar-refractivity contribution in [2.75, 3.05) is 7.11 Å². The molecule has 0 spiro atoms. The molecule has 6 heteroatoms. The molecule has 1 aromatic heterocycles. The van der Waals surface area contributed by atoms with Crippen molar-refractivity contribution in [1.82, 2.24) is 14.8 Å². The van der Waals surface area contributed by atoms with E-state index in [-0.39, 0.29) is 11.9 Å². The Kier molecular flexibility index (Phi) is 4.83. The van der Waals surface area contributed by atoms with Gasteiger partial charge in [0.1, 0.15) is 18.2 Å². The van der Waals surface area contributed by atoms with Crippen molar-refractivity contribution in [3.05, 3.63) is 41.0 Å². The molecule has 0 fully saturated rings. The number of aromatic nitrogens is 3. The first-order valence-electron chi connectivity index (χ1n) is 8.27. The van der Waals surface area contributed by atoms with E-state index in [0.717, 1.165) is 36.7 Å². The van der Waals surface area contributed by atoms with E-state index < -0.39 is 0 Å². The quantitative estimate of drug-likeness (QED) is 0.807. The fourth-order valence-corrected chi connectivity index (χ4v) is 3.01. The van der Waals surface area contributed by atoms with E-state index in [4.69, 9.17) is 9.47 Å². The van der Waals surface area contributed by atoms with E-state index in [2.05, 4.69) is 34.7 Å². The molecule has 0 amide bonds. The summed E-state index contributed by atoms with van der Waals surface area (Å²) in [6, 6.07) is 6.05. The van der Waals surface area contributed by atoms with Crippen molar-refractivity contribution < 1.29 is 14.3 Å². The molecule has 1 atom stereocenters. The van der Waals surface area contributed by atoms with E-state index in [1.807, 2.05) is 12.1 Å². The van der Waals surface area contributed by atoms with Crippen LogP contribution >= 0.6 is 0 Å². The summed E-state index contributed by atoms with van der Waals surface area (Å²) in [7, 11) is 1.44. The zero-order valence-corrected chi connectivity index (χ0v) is 14.4. The average Bonchev–Trinajstić information content (AvgIpc) is 2.84. The first-order chi connectivity index (χ1) is 11.6. The largest absolute Gasteiger partial charge is 0.486 e. The van der Waals surface area contributed by atoms with Gasteiger partial charge in [-0.1, -0.05) is 6.07 Å². The van der Waals surface area contributed by atoms with Crippen LogP contribution < -0.4 is 4.74 Å². The Morgan fingerprint density at radius 2 is 2.08 bits per heavy atom. The van der Waals surface area contributed by atoms with Crippen LogP contribution in [0.15, 0.2) is 18.2 Å². The maximum Gasteiger partial charge on any atom is 0.308 e. The molecular formula is C18H23N3O3. The lowest BCUT2D eigenvalue weighted by Gasteiger charge is -2.12. The number of aryl methyl sites for hydroxylation is 3. The molecule has 2 heterocycles. The molecule has 1 aromatic carbocycles. The Balaban J connectivity index is 1.68. The summed E-state index contributed by atoms with van der Waals surface area (Å²) in [4.78, 5) is 11.8. The number of methoxy groups -OCH3 is 1. The molecule has 1 unspecified atom stereocenters. The fraction of sp³-hybridized carbons (Fsp3) is 0.500. The molecule has 24 heavy (non-hydrogen) atoms. The number of carbonyl (C=O) groups is 1. The Morgan fingerprint density at radius 3 is 2.83 bits per heavy atom. The SMILES string of the molecule is COC(=O)C1CCc2nnc(COc3ccc(C)c(C)c3)n2CC1. The smallest absolute Gasteiger partial charge is 0.308 e. The minimum Gasteiger partial charge on any atom is -0.486 e. The van der Waals surface area contributed by atoms with Gasteiger partial charge in [-0.2, -0.15) is 0 Å². The highest BCUT2D eigenvalue weighted by Gasteiger charge is 2.25. The van der Waals surface area contributed by atoms with Crippen molar-refractivity contribution in [2.45, 2.75) is 46.3 Å². The summed E-state index contributed by atoms with van der Waals surface area (Å²) in [5.74, 6) is 2.34. The summed E-state index contributed by atoms with van der Waals surface area (Å²) in [5, 5.41) is 8.52. The van der Waals surface area contributed by atoms with Gasteiger partial charge in [0.15, 0.2) is 5.82 Å². The van der Waals surface area contributed by atoms with Gasteiger partial charge in [-0.05, 0) is 49.9 Å². The van der Waals surface area contributed by atoms with E-state index in [1.165, 1.54) is 18.2 Å². The molecule has 6 nitrogen and oxygen atoms in total. The van der Waals surface area contributed by atoms with Crippen LogP contribution in [0.2, 0.25) is 0 Å². The standard InChI is InChI=1S/C18H23N3O3/c1-12-4-6-15(10-13(12)2)24-11-17-20-19-16-7-5-14(18(22)23-3)8-9-21(16)17/h4,6,10,14H,5,7-9,11H2,1-3H3. The first-order valence-corrected chi connectivity index (χ1v) is 8.27. The molecule has 1 aliphatic rings. The van der Waals surface area contributed by atoms with Crippen molar-refractivity contribution in [1.29, 1.82) is 0 Å². The van der Waals surface area contributed by atoms with Gasteiger partial charge in [0, 0.05) is 13.0 Å². The van der Waals surface area contributed by atoms with E-state index in [0.29, 0.717) is 13.2 Å². The zero-order valence-electron chi connectivity index (χ0n) is 14.4. The fourth-order valence-electron chi connectivity index (χ4n) is 3.01. The lowest BCUT2D eigenvalue weighted by Crippen LogP contribution is -2.17. The summed E-state index contributed by atoms with van der Waals surface area (Å²) in [6.45, 7) is 5.24. The van der Waals surface area contributed by atoms with Crippen LogP contribution in [0.4, 0.5) is 0 Å². The zero-order chi connectivity index (χ0) is 17.1. The van der Waals surface area contributed by atoms with Crippen LogP contribution in [0.3, 0.4) is 0 Å². The number of fused-ring (bicyclic) bond motifs is 1. The third-order valence-corrected chi connectivity index (χ3v) is 4.70. The lowest BCUT2D eigenvalue weighted by molar-refractivity contribution is -0.145. The van der Waals surface area contributed by atoms with Crippen LogP contribution in [0.1, 0.15) is 35.6 Å². The van der Waals surface area contributed by atoms with E-state index in [9.17, 15) is 4.79 Å². The third kappa shape index (κ3) is 3.42. The van der Waals surface area contributed by atoms with Gasteiger partial charge in [-0.3, -0.25) is 4.79 Å². The first kappa shape index (κ1) is 16.5. The Labute approximate surface area is 141 Å². The molecule has 0 radical (unpaired) electrons. The number of ether oxygens (including phenoxy) is 2. The number of carbonyl (C=O) groups excluding carboxylic acids is 1. The summed E-state index contributed by atoms with van der Waals surface area (Å²) >= 11 is 0. The maximum atomic E-state index is 11.8. The molecule has 3 rings (SSSR count). The molecule has 1 aliphatic heterocycles. The van der Waals surface area contributed by atoms with Crippen LogP contribution in [-0.2, 0) is 29.1 Å². The number of esters is 1. The predicted molar refractivity (Wildman–Crippen MR) is 88.7 cm³/mol. The number of benzene rings is 1. The second kappa shape index (κ2) is 7.03. The van der Waals surface area contributed by atoms with Gasteiger partial charge in [-0.25, -0.2) is 0 Å². The summed E-state index contributed by atoms with van der Waals surface area (Å²) in [6.07, 6.45) is 2.23. The van der Waals surface area contributed by atoms with Gasteiger partial charge in [0.2, 0.25) is 0 Å². The van der Waals surface area contributed by atoms with Gasteiger partial charge < -0.3 is 14.0 Å². The Hall–Kier alpha value is -2.37.